The van der Waals surface area contributed by atoms with E-state index in [2.05, 4.69) is 69.7 Å². The first kappa shape index (κ1) is 15.5. The van der Waals surface area contributed by atoms with Gasteiger partial charge in [0.1, 0.15) is 0 Å². The maximum atomic E-state index is 2.48. The molecule has 2 heteroatoms. The van der Waals surface area contributed by atoms with Crippen LogP contribution < -0.4 is 5.19 Å². The molecule has 18 heavy (non-hydrogen) atoms. The topological polar surface area (TPSA) is 3.24 Å². The molecule has 0 N–H and O–H groups in total. The lowest BCUT2D eigenvalue weighted by molar-refractivity contribution is 0.222. The Morgan fingerprint density at radius 2 is 1.50 bits per heavy atom. The summed E-state index contributed by atoms with van der Waals surface area (Å²) in [6, 6.07) is 10.0. The molecule has 1 aromatic rings. The molecule has 0 aliphatic rings. The third kappa shape index (κ3) is 4.25. The van der Waals surface area contributed by atoms with Gasteiger partial charge in [0.25, 0.3) is 0 Å². The molecule has 0 aliphatic carbocycles. The van der Waals surface area contributed by atoms with Gasteiger partial charge in [-0.2, -0.15) is 0 Å². The minimum atomic E-state index is -1.15. The van der Waals surface area contributed by atoms with Crippen LogP contribution in [0.1, 0.15) is 32.3 Å². The van der Waals surface area contributed by atoms with Gasteiger partial charge in [-0.1, -0.05) is 62.9 Å². The molecule has 0 atom stereocenters. The van der Waals surface area contributed by atoms with Gasteiger partial charge in [0.05, 0.1) is 8.07 Å². The van der Waals surface area contributed by atoms with Gasteiger partial charge in [-0.15, -0.1) is 0 Å². The van der Waals surface area contributed by atoms with Gasteiger partial charge in [0.2, 0.25) is 0 Å². The average molecular weight is 264 g/mol. The van der Waals surface area contributed by atoms with Crippen molar-refractivity contribution in [3.63, 3.8) is 0 Å². The lowest BCUT2D eigenvalue weighted by Crippen LogP contribution is -2.37. The molecule has 0 heterocycles. The molecule has 1 nitrogen and oxygen atoms in total. The highest BCUT2D eigenvalue weighted by Gasteiger charge is 2.16. The summed E-state index contributed by atoms with van der Waals surface area (Å²) in [6.07, 6.45) is 2.47. The van der Waals surface area contributed by atoms with E-state index in [-0.39, 0.29) is 0 Å². The maximum Gasteiger partial charge on any atom is 0.0775 e. The number of nitrogens with zero attached hydrogens (tertiary/aromatic N) is 1. The van der Waals surface area contributed by atoms with Crippen molar-refractivity contribution >= 4 is 13.3 Å². The lowest BCUT2D eigenvalue weighted by atomic mass is 10.1. The first-order chi connectivity index (χ1) is 8.38. The standard InChI is InChI=1S/C16H29NSi/c1-7-15(8-2)17(3)13-14-9-11-16(12-10-14)18(4,5)6/h9-12,15H,7-8,13H2,1-6H3. The van der Waals surface area contributed by atoms with Crippen LogP contribution >= 0.6 is 0 Å². The zero-order chi connectivity index (χ0) is 13.8. The highest BCUT2D eigenvalue weighted by molar-refractivity contribution is 6.88. The molecular weight excluding hydrogens is 234 g/mol. The fourth-order valence-corrected chi connectivity index (χ4v) is 3.61. The van der Waals surface area contributed by atoms with Crippen molar-refractivity contribution in [3.05, 3.63) is 29.8 Å². The van der Waals surface area contributed by atoms with Gasteiger partial charge in [-0.3, -0.25) is 4.90 Å². The van der Waals surface area contributed by atoms with Crippen molar-refractivity contribution in [3.8, 4) is 0 Å². The van der Waals surface area contributed by atoms with E-state index in [0.29, 0.717) is 6.04 Å². The summed E-state index contributed by atoms with van der Waals surface area (Å²) in [4.78, 5) is 2.48. The number of hydrogen-bond acceptors (Lipinski definition) is 1. The highest BCUT2D eigenvalue weighted by atomic mass is 28.3. The van der Waals surface area contributed by atoms with E-state index in [1.807, 2.05) is 0 Å². The largest absolute Gasteiger partial charge is 0.299 e. The molecule has 0 aliphatic heterocycles. The Kier molecular flexibility index (Phi) is 5.61. The second kappa shape index (κ2) is 6.53. The predicted octanol–water partition coefficient (Wildman–Crippen LogP) is 3.85. The highest BCUT2D eigenvalue weighted by Crippen LogP contribution is 2.11. The van der Waals surface area contributed by atoms with Crippen LogP contribution in [0.5, 0.6) is 0 Å². The van der Waals surface area contributed by atoms with E-state index in [1.54, 1.807) is 5.19 Å². The Morgan fingerprint density at radius 1 is 1.00 bits per heavy atom. The third-order valence-corrected chi connectivity index (χ3v) is 5.88. The van der Waals surface area contributed by atoms with Crippen molar-refractivity contribution in [2.75, 3.05) is 7.05 Å². The molecular formula is C16H29NSi. The van der Waals surface area contributed by atoms with E-state index >= 15 is 0 Å². The summed E-state index contributed by atoms with van der Waals surface area (Å²) in [5.74, 6) is 0. The van der Waals surface area contributed by atoms with Crippen LogP contribution in [0.4, 0.5) is 0 Å². The Bertz CT molecular complexity index is 346. The minimum absolute atomic E-state index is 0.710. The van der Waals surface area contributed by atoms with E-state index < -0.39 is 8.07 Å². The molecule has 102 valence electrons. The molecule has 0 bridgehead atoms. The zero-order valence-corrected chi connectivity index (χ0v) is 14.0. The molecule has 0 radical (unpaired) electrons. The van der Waals surface area contributed by atoms with Crippen LogP contribution in [-0.4, -0.2) is 26.1 Å². The first-order valence-electron chi connectivity index (χ1n) is 7.18. The van der Waals surface area contributed by atoms with Gasteiger partial charge < -0.3 is 0 Å². The summed E-state index contributed by atoms with van der Waals surface area (Å²) in [5.41, 5.74) is 1.44. The van der Waals surface area contributed by atoms with E-state index in [1.165, 1.54) is 18.4 Å². The van der Waals surface area contributed by atoms with Crippen LogP contribution in [0.3, 0.4) is 0 Å². The fraction of sp³-hybridized carbons (Fsp3) is 0.625. The van der Waals surface area contributed by atoms with Crippen molar-refractivity contribution in [2.24, 2.45) is 0 Å². The summed E-state index contributed by atoms with van der Waals surface area (Å²) < 4.78 is 0. The van der Waals surface area contributed by atoms with Crippen molar-refractivity contribution in [2.45, 2.75) is 58.9 Å². The monoisotopic (exact) mass is 263 g/mol. The molecule has 0 aromatic heterocycles. The van der Waals surface area contributed by atoms with E-state index in [9.17, 15) is 0 Å². The smallest absolute Gasteiger partial charge is 0.0775 e. The summed E-state index contributed by atoms with van der Waals surface area (Å²) in [7, 11) is 1.09. The number of hydrogen-bond donors (Lipinski definition) is 0. The molecule has 0 saturated heterocycles. The van der Waals surface area contributed by atoms with Crippen molar-refractivity contribution < 1.29 is 0 Å². The average Bonchev–Trinajstić information content (AvgIpc) is 2.30. The quantitative estimate of drug-likeness (QED) is 0.705. The Labute approximate surface area is 114 Å². The van der Waals surface area contributed by atoms with Gasteiger partial charge in [0, 0.05) is 12.6 Å². The maximum absolute atomic E-state index is 2.48. The minimum Gasteiger partial charge on any atom is -0.299 e. The Morgan fingerprint density at radius 3 is 1.89 bits per heavy atom. The molecule has 1 rings (SSSR count). The van der Waals surface area contributed by atoms with Gasteiger partial charge >= 0.3 is 0 Å². The van der Waals surface area contributed by atoms with Crippen LogP contribution in [0.15, 0.2) is 24.3 Å². The molecule has 0 spiro atoms. The third-order valence-electron chi connectivity index (χ3n) is 3.82. The van der Waals surface area contributed by atoms with Crippen LogP contribution in [0.2, 0.25) is 19.6 Å². The van der Waals surface area contributed by atoms with Crippen LogP contribution in [0, 0.1) is 0 Å². The second-order valence-corrected chi connectivity index (χ2v) is 11.4. The first-order valence-corrected chi connectivity index (χ1v) is 10.7. The second-order valence-electron chi connectivity index (χ2n) is 6.33. The predicted molar refractivity (Wildman–Crippen MR) is 85.3 cm³/mol. The Balaban J connectivity index is 2.69. The molecule has 0 fully saturated rings. The van der Waals surface area contributed by atoms with Crippen molar-refractivity contribution in [1.82, 2.24) is 4.90 Å². The van der Waals surface area contributed by atoms with Crippen LogP contribution in [0.25, 0.3) is 0 Å². The van der Waals surface area contributed by atoms with Gasteiger partial charge in [-0.05, 0) is 25.5 Å². The summed E-state index contributed by atoms with van der Waals surface area (Å²) in [5, 5.41) is 1.55. The number of benzene rings is 1. The van der Waals surface area contributed by atoms with Gasteiger partial charge in [0.15, 0.2) is 0 Å². The molecule has 0 amide bonds. The normalized spacial score (nSPS) is 12.4. The molecule has 0 saturated carbocycles. The lowest BCUT2D eigenvalue weighted by Gasteiger charge is -2.26. The number of rotatable bonds is 6. The molecule has 1 aromatic carbocycles. The van der Waals surface area contributed by atoms with E-state index in [4.69, 9.17) is 0 Å². The van der Waals surface area contributed by atoms with Crippen molar-refractivity contribution in [1.29, 1.82) is 0 Å². The summed E-state index contributed by atoms with van der Waals surface area (Å²) in [6.45, 7) is 12.8. The SMILES string of the molecule is CCC(CC)N(C)Cc1ccc([Si](C)(C)C)cc1. The van der Waals surface area contributed by atoms with Crippen LogP contribution in [-0.2, 0) is 6.54 Å². The van der Waals surface area contributed by atoms with Gasteiger partial charge in [-0.25, -0.2) is 0 Å². The Hall–Kier alpha value is -0.603. The zero-order valence-electron chi connectivity index (χ0n) is 13.0. The fourth-order valence-electron chi connectivity index (χ4n) is 2.44. The summed E-state index contributed by atoms with van der Waals surface area (Å²) >= 11 is 0. The van der Waals surface area contributed by atoms with E-state index in [0.717, 1.165) is 6.54 Å². The molecule has 0 unspecified atom stereocenters.